The Morgan fingerprint density at radius 1 is 1.17 bits per heavy atom. The van der Waals surface area contributed by atoms with Crippen molar-refractivity contribution in [3.8, 4) is 0 Å². The standard InChI is InChI=1S/C21H22Cl2N4O2S/c1-12(28)26(15-8-4-3-5-9-15)21-25-27(13(2)29)20(30-21)16-11-14-7-6-10-17(22)18(14)24-19(16)23/h6-7,10-11,15,20H,3-5,8-9H2,1-2H3. The number of pyridine rings is 1. The van der Waals surface area contributed by atoms with Gasteiger partial charge in [0.15, 0.2) is 5.17 Å². The maximum atomic E-state index is 12.5. The first kappa shape index (κ1) is 21.4. The van der Waals surface area contributed by atoms with Crippen molar-refractivity contribution in [3.63, 3.8) is 0 Å². The molecule has 0 bridgehead atoms. The highest BCUT2D eigenvalue weighted by molar-refractivity contribution is 8.14. The van der Waals surface area contributed by atoms with Gasteiger partial charge in [-0.25, -0.2) is 9.99 Å². The van der Waals surface area contributed by atoms with E-state index in [9.17, 15) is 9.59 Å². The summed E-state index contributed by atoms with van der Waals surface area (Å²) in [6.07, 6.45) is 5.26. The molecule has 1 aromatic carbocycles. The van der Waals surface area contributed by atoms with E-state index in [1.165, 1.54) is 30.1 Å². The number of nitrogens with zero attached hydrogens (tertiary/aromatic N) is 4. The largest absolute Gasteiger partial charge is 0.287 e. The Kier molecular flexibility index (Phi) is 6.23. The molecule has 0 saturated heterocycles. The Morgan fingerprint density at radius 3 is 2.57 bits per heavy atom. The van der Waals surface area contributed by atoms with Crippen LogP contribution in [-0.4, -0.2) is 37.9 Å². The minimum Gasteiger partial charge on any atom is -0.287 e. The maximum absolute atomic E-state index is 12.5. The van der Waals surface area contributed by atoms with Gasteiger partial charge in [0.1, 0.15) is 10.5 Å². The zero-order chi connectivity index (χ0) is 21.4. The van der Waals surface area contributed by atoms with Crippen molar-refractivity contribution in [2.24, 2.45) is 5.10 Å². The highest BCUT2D eigenvalue weighted by Crippen LogP contribution is 2.44. The van der Waals surface area contributed by atoms with Crippen LogP contribution in [0.2, 0.25) is 10.2 Å². The van der Waals surface area contributed by atoms with E-state index in [-0.39, 0.29) is 23.0 Å². The summed E-state index contributed by atoms with van der Waals surface area (Å²) in [5.74, 6) is -0.288. The summed E-state index contributed by atoms with van der Waals surface area (Å²) in [4.78, 5) is 31.1. The fourth-order valence-corrected chi connectivity index (χ4v) is 5.93. The van der Waals surface area contributed by atoms with E-state index >= 15 is 0 Å². The van der Waals surface area contributed by atoms with Gasteiger partial charge >= 0.3 is 0 Å². The smallest absolute Gasteiger partial charge is 0.241 e. The van der Waals surface area contributed by atoms with Crippen LogP contribution in [0.1, 0.15) is 56.9 Å². The molecule has 0 N–H and O–H groups in total. The van der Waals surface area contributed by atoms with E-state index in [0.29, 0.717) is 21.3 Å². The van der Waals surface area contributed by atoms with Crippen LogP contribution in [0.4, 0.5) is 0 Å². The minimum atomic E-state index is -0.494. The second kappa shape index (κ2) is 8.73. The predicted molar refractivity (Wildman–Crippen MR) is 121 cm³/mol. The van der Waals surface area contributed by atoms with Crippen LogP contribution >= 0.6 is 35.0 Å². The van der Waals surface area contributed by atoms with Crippen LogP contribution in [0.15, 0.2) is 29.4 Å². The number of carbonyl (C=O) groups excluding carboxylic acids is 2. The molecular formula is C21H22Cl2N4O2S. The fourth-order valence-electron chi connectivity index (χ4n) is 4.07. The van der Waals surface area contributed by atoms with E-state index in [1.54, 1.807) is 17.9 Å². The number of rotatable bonds is 2. The second-order valence-corrected chi connectivity index (χ2v) is 9.39. The van der Waals surface area contributed by atoms with Crippen molar-refractivity contribution < 1.29 is 9.59 Å². The SMILES string of the molecule is CC(=O)N1N=C(N(C(C)=O)C2CCCCC2)SC1c1cc2cccc(Cl)c2nc1Cl. The molecule has 30 heavy (non-hydrogen) atoms. The fraction of sp³-hybridized carbons (Fsp3) is 0.429. The van der Waals surface area contributed by atoms with Crippen molar-refractivity contribution in [1.82, 2.24) is 14.9 Å². The van der Waals surface area contributed by atoms with E-state index in [4.69, 9.17) is 23.2 Å². The molecule has 0 radical (unpaired) electrons. The quantitative estimate of drug-likeness (QED) is 0.543. The molecule has 4 rings (SSSR count). The molecule has 2 heterocycles. The number of carbonyl (C=O) groups is 2. The van der Waals surface area contributed by atoms with Crippen LogP contribution in [0, 0.1) is 0 Å². The van der Waals surface area contributed by atoms with Crippen molar-refractivity contribution in [2.45, 2.75) is 57.4 Å². The summed E-state index contributed by atoms with van der Waals surface area (Å²) in [7, 11) is 0. The number of hydrazone groups is 1. The third kappa shape index (κ3) is 4.03. The average molecular weight is 465 g/mol. The highest BCUT2D eigenvalue weighted by atomic mass is 35.5. The third-order valence-corrected chi connectivity index (χ3v) is 7.26. The monoisotopic (exact) mass is 464 g/mol. The number of hydrogen-bond acceptors (Lipinski definition) is 5. The molecule has 1 aliphatic heterocycles. The van der Waals surface area contributed by atoms with Crippen molar-refractivity contribution in [3.05, 3.63) is 40.0 Å². The van der Waals surface area contributed by atoms with E-state index in [2.05, 4.69) is 10.1 Å². The molecule has 1 fully saturated rings. The summed E-state index contributed by atoms with van der Waals surface area (Å²) < 4.78 is 0. The lowest BCUT2D eigenvalue weighted by atomic mass is 9.94. The van der Waals surface area contributed by atoms with Crippen LogP contribution in [0.25, 0.3) is 10.9 Å². The first-order valence-electron chi connectivity index (χ1n) is 9.96. The zero-order valence-corrected chi connectivity index (χ0v) is 19.1. The zero-order valence-electron chi connectivity index (χ0n) is 16.8. The van der Waals surface area contributed by atoms with Crippen LogP contribution in [-0.2, 0) is 9.59 Å². The van der Waals surface area contributed by atoms with Gasteiger partial charge in [0.25, 0.3) is 0 Å². The molecule has 2 aromatic rings. The lowest BCUT2D eigenvalue weighted by molar-refractivity contribution is -0.130. The first-order valence-corrected chi connectivity index (χ1v) is 11.6. The van der Waals surface area contributed by atoms with E-state index < -0.39 is 5.37 Å². The minimum absolute atomic E-state index is 0.0631. The van der Waals surface area contributed by atoms with Gasteiger partial charge in [0.2, 0.25) is 11.8 Å². The summed E-state index contributed by atoms with van der Waals surface area (Å²) in [6, 6.07) is 7.50. The number of para-hydroxylation sites is 1. The molecule has 6 nitrogen and oxygen atoms in total. The Morgan fingerprint density at radius 2 is 1.90 bits per heavy atom. The Labute approximate surface area is 189 Å². The van der Waals surface area contributed by atoms with Gasteiger partial charge in [-0.2, -0.15) is 0 Å². The van der Waals surface area contributed by atoms with Gasteiger partial charge in [-0.1, -0.05) is 66.4 Å². The van der Waals surface area contributed by atoms with Crippen LogP contribution in [0.5, 0.6) is 0 Å². The van der Waals surface area contributed by atoms with Gasteiger partial charge < -0.3 is 0 Å². The lowest BCUT2D eigenvalue weighted by Gasteiger charge is -2.32. The number of amides is 2. The number of fused-ring (bicyclic) bond motifs is 1. The van der Waals surface area contributed by atoms with Crippen molar-refractivity contribution >= 4 is 62.8 Å². The third-order valence-electron chi connectivity index (χ3n) is 5.48. The Balaban J connectivity index is 1.71. The molecule has 2 aliphatic rings. The van der Waals surface area contributed by atoms with Gasteiger partial charge in [-0.3, -0.25) is 14.5 Å². The number of thioether (sulfide) groups is 1. The Bertz CT molecular complexity index is 1040. The molecule has 0 spiro atoms. The molecule has 1 aromatic heterocycles. The lowest BCUT2D eigenvalue weighted by Crippen LogP contribution is -2.42. The van der Waals surface area contributed by atoms with Gasteiger partial charge in [-0.05, 0) is 25.0 Å². The van der Waals surface area contributed by atoms with Gasteiger partial charge in [0.05, 0.1) is 10.5 Å². The average Bonchev–Trinajstić information content (AvgIpc) is 3.14. The number of aromatic nitrogens is 1. The topological polar surface area (TPSA) is 65.9 Å². The van der Waals surface area contributed by atoms with Crippen molar-refractivity contribution in [2.75, 3.05) is 0 Å². The van der Waals surface area contributed by atoms with Gasteiger partial charge in [0, 0.05) is 30.8 Å². The summed E-state index contributed by atoms with van der Waals surface area (Å²) in [6.45, 7) is 3.01. The predicted octanol–water partition coefficient (Wildman–Crippen LogP) is 5.59. The number of benzene rings is 1. The Hall–Kier alpha value is -1.83. The molecule has 158 valence electrons. The normalized spacial score (nSPS) is 19.8. The summed E-state index contributed by atoms with van der Waals surface area (Å²) in [5.41, 5.74) is 1.27. The number of hydrogen-bond donors (Lipinski definition) is 0. The van der Waals surface area contributed by atoms with Gasteiger partial charge in [-0.15, -0.1) is 5.10 Å². The number of halogens is 2. The number of amidine groups is 1. The molecule has 2 amide bonds. The second-order valence-electron chi connectivity index (χ2n) is 7.58. The first-order chi connectivity index (χ1) is 14.4. The molecule has 9 heteroatoms. The van der Waals surface area contributed by atoms with Crippen molar-refractivity contribution in [1.29, 1.82) is 0 Å². The maximum Gasteiger partial charge on any atom is 0.241 e. The molecule has 1 unspecified atom stereocenters. The summed E-state index contributed by atoms with van der Waals surface area (Å²) in [5, 5.41) is 7.58. The molecule has 1 saturated carbocycles. The molecule has 1 aliphatic carbocycles. The summed E-state index contributed by atoms with van der Waals surface area (Å²) >= 11 is 14.1. The van der Waals surface area contributed by atoms with E-state index in [0.717, 1.165) is 31.1 Å². The highest BCUT2D eigenvalue weighted by Gasteiger charge is 2.39. The van der Waals surface area contributed by atoms with Crippen LogP contribution < -0.4 is 0 Å². The van der Waals surface area contributed by atoms with E-state index in [1.807, 2.05) is 18.2 Å². The molecular weight excluding hydrogens is 443 g/mol. The molecule has 1 atom stereocenters. The van der Waals surface area contributed by atoms with Crippen LogP contribution in [0.3, 0.4) is 0 Å².